The van der Waals surface area contributed by atoms with E-state index >= 15 is 0 Å². The third-order valence-electron chi connectivity index (χ3n) is 3.63. The Labute approximate surface area is 134 Å². The van der Waals surface area contributed by atoms with Crippen LogP contribution in [0.5, 0.6) is 5.75 Å². The molecule has 1 aromatic carbocycles. The van der Waals surface area contributed by atoms with Crippen molar-refractivity contribution in [1.82, 2.24) is 15.5 Å². The van der Waals surface area contributed by atoms with Crippen LogP contribution >= 0.6 is 0 Å². The number of hydrogen-bond donors (Lipinski definition) is 3. The Morgan fingerprint density at radius 2 is 2.17 bits per heavy atom. The number of aromatic nitrogens is 2. The molecule has 0 aliphatic rings. The van der Waals surface area contributed by atoms with Gasteiger partial charge in [-0.3, -0.25) is 9.89 Å². The van der Waals surface area contributed by atoms with Crippen LogP contribution in [-0.4, -0.2) is 29.8 Å². The number of carbonyl (C=O) groups excluding carboxylic acids is 1. The number of aryl methyl sites for hydroxylation is 2. The van der Waals surface area contributed by atoms with Crippen LogP contribution in [0.25, 0.3) is 0 Å². The standard InChI is InChI=1S/C16H21FN4O2/c1-9(15-12(17)6-5-7-13(15)23-4)18-8-14(22)19-16-10(2)20-21-11(16)3/h5-7,9,18H,8H2,1-4H3,(H,19,22)(H,20,21)/t9-/m0/s1. The summed E-state index contributed by atoms with van der Waals surface area (Å²) in [5.41, 5.74) is 2.59. The molecule has 1 atom stereocenters. The van der Waals surface area contributed by atoms with Crippen molar-refractivity contribution in [3.8, 4) is 5.75 Å². The highest BCUT2D eigenvalue weighted by molar-refractivity contribution is 5.93. The van der Waals surface area contributed by atoms with E-state index in [4.69, 9.17) is 4.74 Å². The first-order chi connectivity index (χ1) is 10.9. The molecule has 2 aromatic rings. The molecule has 1 heterocycles. The van der Waals surface area contributed by atoms with Crippen molar-refractivity contribution in [1.29, 1.82) is 0 Å². The predicted molar refractivity (Wildman–Crippen MR) is 86.1 cm³/mol. The van der Waals surface area contributed by atoms with Crippen molar-refractivity contribution < 1.29 is 13.9 Å². The zero-order valence-electron chi connectivity index (χ0n) is 13.7. The van der Waals surface area contributed by atoms with Crippen LogP contribution in [-0.2, 0) is 4.79 Å². The summed E-state index contributed by atoms with van der Waals surface area (Å²) in [5, 5.41) is 12.6. The second-order valence-electron chi connectivity index (χ2n) is 5.32. The van der Waals surface area contributed by atoms with Crippen LogP contribution in [0.15, 0.2) is 18.2 Å². The fourth-order valence-electron chi connectivity index (χ4n) is 2.38. The number of H-pyrrole nitrogens is 1. The Kier molecular flexibility index (Phi) is 5.33. The maximum absolute atomic E-state index is 14.0. The number of amides is 1. The number of methoxy groups -OCH3 is 1. The average Bonchev–Trinajstić information content (AvgIpc) is 2.84. The van der Waals surface area contributed by atoms with E-state index in [1.165, 1.54) is 13.2 Å². The van der Waals surface area contributed by atoms with Crippen molar-refractivity contribution >= 4 is 11.6 Å². The van der Waals surface area contributed by atoms with Gasteiger partial charge in [0.25, 0.3) is 0 Å². The topological polar surface area (TPSA) is 79.0 Å². The fraction of sp³-hybridized carbons (Fsp3) is 0.375. The van der Waals surface area contributed by atoms with Gasteiger partial charge in [0.05, 0.1) is 30.7 Å². The Bertz CT molecular complexity index is 680. The molecule has 0 saturated heterocycles. The molecule has 0 aliphatic heterocycles. The van der Waals surface area contributed by atoms with Gasteiger partial charge in [-0.15, -0.1) is 0 Å². The minimum absolute atomic E-state index is 0.0444. The van der Waals surface area contributed by atoms with Crippen LogP contribution in [0.2, 0.25) is 0 Å². The van der Waals surface area contributed by atoms with Gasteiger partial charge in [-0.1, -0.05) is 6.07 Å². The lowest BCUT2D eigenvalue weighted by Gasteiger charge is -2.18. The number of nitrogens with one attached hydrogen (secondary N) is 3. The first-order valence-electron chi connectivity index (χ1n) is 7.31. The second kappa shape index (κ2) is 7.23. The number of anilines is 1. The number of halogens is 1. The zero-order valence-corrected chi connectivity index (χ0v) is 13.7. The van der Waals surface area contributed by atoms with Gasteiger partial charge in [-0.05, 0) is 32.9 Å². The molecule has 0 saturated carbocycles. The smallest absolute Gasteiger partial charge is 0.238 e. The van der Waals surface area contributed by atoms with E-state index in [1.807, 2.05) is 6.92 Å². The van der Waals surface area contributed by atoms with Crippen molar-refractivity contribution in [2.75, 3.05) is 19.0 Å². The lowest BCUT2D eigenvalue weighted by Crippen LogP contribution is -2.31. The Morgan fingerprint density at radius 3 is 2.78 bits per heavy atom. The van der Waals surface area contributed by atoms with E-state index in [1.54, 1.807) is 26.0 Å². The van der Waals surface area contributed by atoms with E-state index in [0.29, 0.717) is 17.0 Å². The quantitative estimate of drug-likeness (QED) is 0.764. The largest absolute Gasteiger partial charge is 0.496 e. The number of ether oxygens (including phenoxy) is 1. The van der Waals surface area contributed by atoms with Crippen LogP contribution < -0.4 is 15.4 Å². The van der Waals surface area contributed by atoms with Gasteiger partial charge < -0.3 is 15.4 Å². The number of carbonyl (C=O) groups is 1. The molecular formula is C16H21FN4O2. The molecule has 6 nitrogen and oxygen atoms in total. The molecule has 0 fully saturated rings. The van der Waals surface area contributed by atoms with Gasteiger partial charge >= 0.3 is 0 Å². The van der Waals surface area contributed by atoms with Crippen LogP contribution in [0.3, 0.4) is 0 Å². The molecule has 0 spiro atoms. The van der Waals surface area contributed by atoms with Crippen LogP contribution in [0.4, 0.5) is 10.1 Å². The van der Waals surface area contributed by atoms with E-state index in [0.717, 1.165) is 11.4 Å². The number of benzene rings is 1. The highest BCUT2D eigenvalue weighted by atomic mass is 19.1. The Hall–Kier alpha value is -2.41. The molecule has 0 aliphatic carbocycles. The maximum Gasteiger partial charge on any atom is 0.238 e. The minimum Gasteiger partial charge on any atom is -0.496 e. The zero-order chi connectivity index (χ0) is 17.0. The molecule has 3 N–H and O–H groups in total. The monoisotopic (exact) mass is 320 g/mol. The van der Waals surface area contributed by atoms with E-state index in [-0.39, 0.29) is 24.3 Å². The van der Waals surface area contributed by atoms with Gasteiger partial charge in [0.2, 0.25) is 5.91 Å². The second-order valence-corrected chi connectivity index (χ2v) is 5.32. The first kappa shape index (κ1) is 17.0. The number of nitrogens with zero attached hydrogens (tertiary/aromatic N) is 1. The van der Waals surface area contributed by atoms with Crippen LogP contribution in [0.1, 0.15) is 29.9 Å². The molecule has 2 rings (SSSR count). The van der Waals surface area contributed by atoms with Crippen molar-refractivity contribution in [2.24, 2.45) is 0 Å². The molecule has 0 radical (unpaired) electrons. The highest BCUT2D eigenvalue weighted by Crippen LogP contribution is 2.27. The van der Waals surface area contributed by atoms with Gasteiger partial charge in [0, 0.05) is 11.6 Å². The maximum atomic E-state index is 14.0. The fourth-order valence-corrected chi connectivity index (χ4v) is 2.38. The normalized spacial score (nSPS) is 12.0. The van der Waals surface area contributed by atoms with Crippen molar-refractivity contribution in [2.45, 2.75) is 26.8 Å². The molecule has 0 bridgehead atoms. The van der Waals surface area contributed by atoms with Gasteiger partial charge in [0.1, 0.15) is 11.6 Å². The Balaban J connectivity index is 1.99. The summed E-state index contributed by atoms with van der Waals surface area (Å²) in [7, 11) is 1.49. The average molecular weight is 320 g/mol. The highest BCUT2D eigenvalue weighted by Gasteiger charge is 2.17. The van der Waals surface area contributed by atoms with Crippen molar-refractivity contribution in [3.05, 3.63) is 41.0 Å². The van der Waals surface area contributed by atoms with Crippen LogP contribution in [0, 0.1) is 19.7 Å². The molecule has 23 heavy (non-hydrogen) atoms. The van der Waals surface area contributed by atoms with Gasteiger partial charge in [-0.25, -0.2) is 4.39 Å². The molecule has 1 amide bonds. The van der Waals surface area contributed by atoms with Gasteiger partial charge in [-0.2, -0.15) is 5.10 Å². The molecule has 124 valence electrons. The lowest BCUT2D eigenvalue weighted by atomic mass is 10.1. The molecular weight excluding hydrogens is 299 g/mol. The summed E-state index contributed by atoms with van der Waals surface area (Å²) < 4.78 is 19.2. The van der Waals surface area contributed by atoms with E-state index in [9.17, 15) is 9.18 Å². The predicted octanol–water partition coefficient (Wildman–Crippen LogP) is 2.46. The molecule has 7 heteroatoms. The van der Waals surface area contributed by atoms with E-state index in [2.05, 4.69) is 20.8 Å². The number of aromatic amines is 1. The van der Waals surface area contributed by atoms with E-state index < -0.39 is 0 Å². The number of rotatable bonds is 6. The molecule has 1 aromatic heterocycles. The molecule has 0 unspecified atom stereocenters. The third kappa shape index (κ3) is 3.87. The summed E-state index contributed by atoms with van der Waals surface area (Å²) >= 11 is 0. The summed E-state index contributed by atoms with van der Waals surface area (Å²) in [5.74, 6) is -0.141. The lowest BCUT2D eigenvalue weighted by molar-refractivity contribution is -0.115. The third-order valence-corrected chi connectivity index (χ3v) is 3.63. The number of hydrogen-bond acceptors (Lipinski definition) is 4. The van der Waals surface area contributed by atoms with Crippen molar-refractivity contribution in [3.63, 3.8) is 0 Å². The SMILES string of the molecule is COc1cccc(F)c1[C@H](C)NCC(=O)Nc1c(C)n[nH]c1C. The summed E-state index contributed by atoms with van der Waals surface area (Å²) in [6.45, 7) is 5.46. The first-order valence-corrected chi connectivity index (χ1v) is 7.31. The summed E-state index contributed by atoms with van der Waals surface area (Å²) in [6.07, 6.45) is 0. The summed E-state index contributed by atoms with van der Waals surface area (Å²) in [4.78, 5) is 12.0. The Morgan fingerprint density at radius 1 is 1.43 bits per heavy atom. The minimum atomic E-state index is -0.372. The summed E-state index contributed by atoms with van der Waals surface area (Å²) in [6, 6.07) is 4.27. The van der Waals surface area contributed by atoms with Gasteiger partial charge in [0.15, 0.2) is 0 Å².